The van der Waals surface area contributed by atoms with E-state index in [0.29, 0.717) is 30.8 Å². The van der Waals surface area contributed by atoms with Crippen molar-refractivity contribution in [1.29, 1.82) is 0 Å². The van der Waals surface area contributed by atoms with Gasteiger partial charge >= 0.3 is 5.97 Å². The van der Waals surface area contributed by atoms with Crippen LogP contribution >= 0.6 is 0 Å². The maximum atomic E-state index is 12.7. The quantitative estimate of drug-likeness (QED) is 0.691. The number of fused-ring (bicyclic) bond motifs is 1. The second kappa shape index (κ2) is 6.84. The number of carbonyl (C=O) groups excluding carboxylic acids is 2. The van der Waals surface area contributed by atoms with Crippen LogP contribution in [0.5, 0.6) is 5.75 Å². The van der Waals surface area contributed by atoms with Gasteiger partial charge in [-0.1, -0.05) is 12.1 Å². The van der Waals surface area contributed by atoms with Gasteiger partial charge in [0.2, 0.25) is 0 Å². The van der Waals surface area contributed by atoms with E-state index in [1.54, 1.807) is 37.3 Å². The Bertz CT molecular complexity index is 794. The van der Waals surface area contributed by atoms with E-state index in [9.17, 15) is 14.7 Å². The zero-order valence-electron chi connectivity index (χ0n) is 13.4. The molecule has 5 nitrogen and oxygen atoms in total. The summed E-state index contributed by atoms with van der Waals surface area (Å²) in [6.45, 7) is 2.89. The lowest BCUT2D eigenvalue weighted by Gasteiger charge is -2.20. The van der Waals surface area contributed by atoms with Crippen LogP contribution in [0.3, 0.4) is 0 Å². The van der Waals surface area contributed by atoms with Crippen LogP contribution < -0.4 is 0 Å². The minimum absolute atomic E-state index is 0.0887. The third-order valence-electron chi connectivity index (χ3n) is 4.00. The minimum atomic E-state index is -0.442. The molecule has 0 unspecified atom stereocenters. The van der Waals surface area contributed by atoms with E-state index in [0.717, 1.165) is 11.1 Å². The second-order valence-corrected chi connectivity index (χ2v) is 5.53. The van der Waals surface area contributed by atoms with Crippen molar-refractivity contribution in [1.82, 2.24) is 0 Å². The number of ketones is 1. The van der Waals surface area contributed by atoms with Gasteiger partial charge in [0.25, 0.3) is 0 Å². The smallest absolute Gasteiger partial charge is 0.338 e. The van der Waals surface area contributed by atoms with Crippen molar-refractivity contribution in [3.63, 3.8) is 0 Å². The Morgan fingerprint density at radius 2 is 2.00 bits per heavy atom. The maximum absolute atomic E-state index is 12.7. The Morgan fingerprint density at radius 1 is 1.21 bits per heavy atom. The Kier molecular flexibility index (Phi) is 4.62. The van der Waals surface area contributed by atoms with E-state index in [4.69, 9.17) is 9.47 Å². The zero-order chi connectivity index (χ0) is 17.1. The molecule has 0 amide bonds. The third kappa shape index (κ3) is 3.03. The molecule has 0 radical (unpaired) electrons. The van der Waals surface area contributed by atoms with Gasteiger partial charge in [-0.3, -0.25) is 4.79 Å². The fraction of sp³-hybridized carbons (Fsp3) is 0.263. The van der Waals surface area contributed by atoms with Crippen molar-refractivity contribution in [2.75, 3.05) is 13.2 Å². The van der Waals surface area contributed by atoms with E-state index in [-0.39, 0.29) is 23.7 Å². The lowest BCUT2D eigenvalue weighted by molar-refractivity contribution is 0.0521. The highest BCUT2D eigenvalue weighted by Gasteiger charge is 2.23. The van der Waals surface area contributed by atoms with Gasteiger partial charge in [0, 0.05) is 5.56 Å². The predicted octanol–water partition coefficient (Wildman–Crippen LogP) is 2.87. The van der Waals surface area contributed by atoms with Crippen LogP contribution in [0.2, 0.25) is 0 Å². The Labute approximate surface area is 139 Å². The number of esters is 1. The highest BCUT2D eigenvalue weighted by Crippen LogP contribution is 2.27. The van der Waals surface area contributed by atoms with Gasteiger partial charge in [-0.15, -0.1) is 0 Å². The number of phenolic OH excluding ortho intramolecular Hbond substituents is 1. The molecule has 1 aliphatic heterocycles. The summed E-state index contributed by atoms with van der Waals surface area (Å²) in [5, 5.41) is 9.91. The SMILES string of the molecule is CCOC(=O)c1cc(C(=O)c2ccccc2O)cc2c1CCOC2. The van der Waals surface area contributed by atoms with E-state index in [1.807, 2.05) is 0 Å². The summed E-state index contributed by atoms with van der Waals surface area (Å²) in [5.74, 6) is -0.872. The van der Waals surface area contributed by atoms with Crippen LogP contribution in [0, 0.1) is 0 Å². The number of ether oxygens (including phenoxy) is 2. The average molecular weight is 326 g/mol. The van der Waals surface area contributed by atoms with Gasteiger partial charge in [-0.25, -0.2) is 4.79 Å². The number of aromatic hydroxyl groups is 1. The lowest BCUT2D eigenvalue weighted by Crippen LogP contribution is -2.18. The molecule has 0 aromatic heterocycles. The molecule has 0 aliphatic carbocycles. The average Bonchev–Trinajstić information content (AvgIpc) is 2.60. The number of carbonyl (C=O) groups is 2. The van der Waals surface area contributed by atoms with Crippen molar-refractivity contribution in [3.8, 4) is 5.75 Å². The Hall–Kier alpha value is -2.66. The molecule has 5 heteroatoms. The molecule has 0 bridgehead atoms. The first kappa shape index (κ1) is 16.2. The van der Waals surface area contributed by atoms with E-state index in [2.05, 4.69) is 0 Å². The van der Waals surface area contributed by atoms with Gasteiger partial charge in [-0.05, 0) is 48.7 Å². The summed E-state index contributed by atoms with van der Waals surface area (Å²) in [6.07, 6.45) is 0.606. The second-order valence-electron chi connectivity index (χ2n) is 5.53. The molecule has 2 aromatic carbocycles. The normalized spacial score (nSPS) is 13.2. The summed E-state index contributed by atoms with van der Waals surface area (Å²) in [7, 11) is 0. The maximum Gasteiger partial charge on any atom is 0.338 e. The van der Waals surface area contributed by atoms with Crippen LogP contribution in [0.1, 0.15) is 44.3 Å². The van der Waals surface area contributed by atoms with Gasteiger partial charge in [-0.2, -0.15) is 0 Å². The molecule has 0 atom stereocenters. The molecular weight excluding hydrogens is 308 g/mol. The van der Waals surface area contributed by atoms with Crippen LogP contribution in [0.15, 0.2) is 36.4 Å². The molecule has 0 saturated carbocycles. The van der Waals surface area contributed by atoms with E-state index < -0.39 is 5.97 Å². The summed E-state index contributed by atoms with van der Waals surface area (Å²) in [6, 6.07) is 9.62. The van der Waals surface area contributed by atoms with Crippen LogP contribution in [0.25, 0.3) is 0 Å². The summed E-state index contributed by atoms with van der Waals surface area (Å²) < 4.78 is 10.6. The molecule has 0 spiro atoms. The predicted molar refractivity (Wildman–Crippen MR) is 87.3 cm³/mol. The molecule has 2 aromatic rings. The molecule has 24 heavy (non-hydrogen) atoms. The first-order valence-corrected chi connectivity index (χ1v) is 7.85. The molecule has 1 heterocycles. The highest BCUT2D eigenvalue weighted by atomic mass is 16.5. The fourth-order valence-corrected chi connectivity index (χ4v) is 2.86. The van der Waals surface area contributed by atoms with Gasteiger partial charge in [0.15, 0.2) is 5.78 Å². The number of benzene rings is 2. The summed E-state index contributed by atoms with van der Waals surface area (Å²) in [4.78, 5) is 25.0. The molecule has 1 aliphatic rings. The topological polar surface area (TPSA) is 72.8 Å². The van der Waals surface area contributed by atoms with Crippen molar-refractivity contribution < 1.29 is 24.2 Å². The number of phenols is 1. The fourth-order valence-electron chi connectivity index (χ4n) is 2.86. The lowest BCUT2D eigenvalue weighted by atomic mass is 9.91. The van der Waals surface area contributed by atoms with E-state index >= 15 is 0 Å². The molecule has 3 rings (SSSR count). The number of rotatable bonds is 4. The minimum Gasteiger partial charge on any atom is -0.507 e. The summed E-state index contributed by atoms with van der Waals surface area (Å²) in [5.41, 5.74) is 2.61. The molecule has 0 fully saturated rings. The van der Waals surface area contributed by atoms with Crippen molar-refractivity contribution >= 4 is 11.8 Å². The standard InChI is InChI=1S/C19H18O5/c1-2-24-19(22)16-10-12(9-13-11-23-8-7-14(13)16)18(21)15-5-3-4-6-17(15)20/h3-6,9-10,20H,2,7-8,11H2,1H3. The van der Waals surface area contributed by atoms with Gasteiger partial charge < -0.3 is 14.6 Å². The monoisotopic (exact) mass is 326 g/mol. The zero-order valence-corrected chi connectivity index (χ0v) is 13.4. The number of hydrogen-bond acceptors (Lipinski definition) is 5. The first-order valence-electron chi connectivity index (χ1n) is 7.85. The van der Waals surface area contributed by atoms with Gasteiger partial charge in [0.1, 0.15) is 5.75 Å². The molecule has 0 saturated heterocycles. The number of para-hydroxylation sites is 1. The Balaban J connectivity index is 2.09. The van der Waals surface area contributed by atoms with E-state index in [1.165, 1.54) is 6.07 Å². The largest absolute Gasteiger partial charge is 0.507 e. The van der Waals surface area contributed by atoms with Crippen LogP contribution in [-0.4, -0.2) is 30.1 Å². The molecule has 1 N–H and O–H groups in total. The Morgan fingerprint density at radius 3 is 2.75 bits per heavy atom. The number of hydrogen-bond donors (Lipinski definition) is 1. The summed E-state index contributed by atoms with van der Waals surface area (Å²) >= 11 is 0. The van der Waals surface area contributed by atoms with Crippen molar-refractivity contribution in [2.45, 2.75) is 20.0 Å². The van der Waals surface area contributed by atoms with Crippen molar-refractivity contribution in [3.05, 3.63) is 64.2 Å². The highest BCUT2D eigenvalue weighted by molar-refractivity contribution is 6.11. The molecule has 124 valence electrons. The first-order chi connectivity index (χ1) is 11.6. The van der Waals surface area contributed by atoms with Gasteiger partial charge in [0.05, 0.1) is 30.9 Å². The van der Waals surface area contributed by atoms with Crippen LogP contribution in [-0.2, 0) is 22.5 Å². The van der Waals surface area contributed by atoms with Crippen LogP contribution in [0.4, 0.5) is 0 Å². The molecular formula is C19H18O5. The van der Waals surface area contributed by atoms with Crippen molar-refractivity contribution in [2.24, 2.45) is 0 Å². The third-order valence-corrected chi connectivity index (χ3v) is 4.00.